The largest absolute Gasteiger partial charge is 0.462 e. The normalized spacial score (nSPS) is 13.0. The molecule has 62 heavy (non-hydrogen) atoms. The first-order chi connectivity index (χ1) is 30.5. The summed E-state index contributed by atoms with van der Waals surface area (Å²) >= 11 is 0. The van der Waals surface area contributed by atoms with Gasteiger partial charge in [0.15, 0.2) is 6.10 Å². The van der Waals surface area contributed by atoms with Crippen LogP contribution in [0, 0.1) is 0 Å². The first-order valence-electron chi connectivity index (χ1n) is 24.9. The first kappa shape index (κ1) is 58.1. The van der Waals surface area contributed by atoms with Crippen LogP contribution in [0.3, 0.4) is 0 Å². The molecule has 0 heterocycles. The van der Waals surface area contributed by atoms with Crippen LogP contribution in [0.1, 0.15) is 207 Å². The predicted octanol–water partition coefficient (Wildman–Crippen LogP) is 16.4. The summed E-state index contributed by atoms with van der Waals surface area (Å²) in [6, 6.07) is 0. The first-order valence-corrected chi connectivity index (χ1v) is 24.9. The molecule has 0 fully saturated rings. The van der Waals surface area contributed by atoms with E-state index in [0.29, 0.717) is 12.8 Å². The standard InChI is InChI=1S/C56H90O6/c1-4-7-10-13-16-19-22-24-26-27-28-29-30-32-34-37-40-43-46-49-55(58)61-52-53(51-60-54(57)48-45-42-39-36-33-21-18-15-12-9-6-3)62-56(59)50-47-44-41-38-35-31-25-23-20-17-14-11-8-5-2/h7-8,10-11,15-21,24-26,28-29,31,33,53H,4-6,9,12-14,22-23,27,30,32,34-52H2,1-3H3/b10-7-,11-8-,18-15-,19-16-,20-17-,26-24-,29-28-,31-25-,33-21-. The Balaban J connectivity index is 4.46. The van der Waals surface area contributed by atoms with Crippen LogP contribution < -0.4 is 0 Å². The van der Waals surface area contributed by atoms with Gasteiger partial charge in [0.25, 0.3) is 0 Å². The van der Waals surface area contributed by atoms with Gasteiger partial charge in [-0.15, -0.1) is 0 Å². The summed E-state index contributed by atoms with van der Waals surface area (Å²) in [6.45, 7) is 6.28. The van der Waals surface area contributed by atoms with E-state index in [0.717, 1.165) is 141 Å². The fourth-order valence-corrected chi connectivity index (χ4v) is 6.30. The number of allylic oxidation sites excluding steroid dienone is 18. The quantitative estimate of drug-likeness (QED) is 0.0200. The number of rotatable bonds is 43. The van der Waals surface area contributed by atoms with Crippen molar-refractivity contribution < 1.29 is 28.6 Å². The van der Waals surface area contributed by atoms with Gasteiger partial charge in [0, 0.05) is 19.3 Å². The number of unbranched alkanes of at least 4 members (excludes halogenated alkanes) is 15. The molecule has 0 rings (SSSR count). The smallest absolute Gasteiger partial charge is 0.306 e. The van der Waals surface area contributed by atoms with E-state index in [1.54, 1.807) is 0 Å². The zero-order valence-electron chi connectivity index (χ0n) is 39.8. The number of ether oxygens (including phenoxy) is 3. The van der Waals surface area contributed by atoms with Gasteiger partial charge in [-0.2, -0.15) is 0 Å². The van der Waals surface area contributed by atoms with Crippen molar-refractivity contribution in [3.05, 3.63) is 109 Å². The Labute approximate surface area is 380 Å². The molecule has 0 aliphatic heterocycles. The highest BCUT2D eigenvalue weighted by molar-refractivity contribution is 5.71. The van der Waals surface area contributed by atoms with Crippen LogP contribution in [0.2, 0.25) is 0 Å². The molecule has 0 amide bonds. The summed E-state index contributed by atoms with van der Waals surface area (Å²) in [5.74, 6) is -0.978. The third kappa shape index (κ3) is 47.1. The van der Waals surface area contributed by atoms with E-state index in [1.165, 1.54) is 25.7 Å². The van der Waals surface area contributed by atoms with Gasteiger partial charge in [-0.25, -0.2) is 0 Å². The molecule has 0 saturated heterocycles. The Morgan fingerprint density at radius 1 is 0.355 bits per heavy atom. The maximum absolute atomic E-state index is 12.8. The fraction of sp³-hybridized carbons (Fsp3) is 0.625. The molecule has 0 aromatic carbocycles. The molecular weight excluding hydrogens is 769 g/mol. The second kappa shape index (κ2) is 49.7. The average molecular weight is 859 g/mol. The summed E-state index contributed by atoms with van der Waals surface area (Å²) in [4.78, 5) is 37.9. The van der Waals surface area contributed by atoms with Gasteiger partial charge in [0.1, 0.15) is 13.2 Å². The lowest BCUT2D eigenvalue weighted by molar-refractivity contribution is -0.167. The van der Waals surface area contributed by atoms with E-state index in [1.807, 2.05) is 0 Å². The Bertz CT molecular complexity index is 1310. The molecule has 0 aliphatic rings. The molecule has 350 valence electrons. The molecular formula is C56H90O6. The van der Waals surface area contributed by atoms with E-state index < -0.39 is 6.10 Å². The highest BCUT2D eigenvalue weighted by Crippen LogP contribution is 2.12. The van der Waals surface area contributed by atoms with Crippen molar-refractivity contribution in [3.8, 4) is 0 Å². The summed E-state index contributed by atoms with van der Waals surface area (Å²) < 4.78 is 16.7. The van der Waals surface area contributed by atoms with Crippen LogP contribution >= 0.6 is 0 Å². The minimum atomic E-state index is -0.807. The Hall–Kier alpha value is -3.93. The number of esters is 3. The summed E-state index contributed by atoms with van der Waals surface area (Å²) in [5.41, 5.74) is 0. The summed E-state index contributed by atoms with van der Waals surface area (Å²) in [5, 5.41) is 0. The average Bonchev–Trinajstić information content (AvgIpc) is 3.27. The lowest BCUT2D eigenvalue weighted by Crippen LogP contribution is -2.30. The van der Waals surface area contributed by atoms with Crippen molar-refractivity contribution in [2.24, 2.45) is 0 Å². The van der Waals surface area contributed by atoms with E-state index in [4.69, 9.17) is 14.2 Å². The van der Waals surface area contributed by atoms with Crippen molar-refractivity contribution in [3.63, 3.8) is 0 Å². The molecule has 0 bridgehead atoms. The molecule has 0 aliphatic carbocycles. The zero-order valence-corrected chi connectivity index (χ0v) is 39.8. The second-order valence-electron chi connectivity index (χ2n) is 16.0. The van der Waals surface area contributed by atoms with Gasteiger partial charge in [-0.1, -0.05) is 188 Å². The SMILES string of the molecule is CC/C=C\C/C=C\C/C=C\C/C=C\CCCCCCCCC(=O)OCC(COC(=O)CCCCC/C=C\C=C/CCCC)OC(=O)CCCCCC/C=C\C/C=C\C/C=C\CC. The molecule has 0 radical (unpaired) electrons. The van der Waals surface area contributed by atoms with E-state index in [-0.39, 0.29) is 37.5 Å². The third-order valence-corrected chi connectivity index (χ3v) is 10.0. The number of carbonyl (C=O) groups excluding carboxylic acids is 3. The van der Waals surface area contributed by atoms with Gasteiger partial charge in [0.05, 0.1) is 0 Å². The van der Waals surface area contributed by atoms with Crippen molar-refractivity contribution >= 4 is 17.9 Å². The molecule has 0 saturated carbocycles. The molecule has 0 N–H and O–H groups in total. The Morgan fingerprint density at radius 3 is 1.10 bits per heavy atom. The van der Waals surface area contributed by atoms with Crippen molar-refractivity contribution in [1.29, 1.82) is 0 Å². The third-order valence-electron chi connectivity index (χ3n) is 10.0. The van der Waals surface area contributed by atoms with E-state index in [9.17, 15) is 14.4 Å². The predicted molar refractivity (Wildman–Crippen MR) is 265 cm³/mol. The van der Waals surface area contributed by atoms with Crippen LogP contribution in [-0.4, -0.2) is 37.2 Å². The molecule has 6 heteroatoms. The van der Waals surface area contributed by atoms with Crippen LogP contribution in [0.15, 0.2) is 109 Å². The maximum atomic E-state index is 12.8. The van der Waals surface area contributed by atoms with Gasteiger partial charge in [-0.05, 0) is 109 Å². The molecule has 0 spiro atoms. The topological polar surface area (TPSA) is 78.9 Å². The van der Waals surface area contributed by atoms with Gasteiger partial charge < -0.3 is 14.2 Å². The highest BCUT2D eigenvalue weighted by atomic mass is 16.6. The monoisotopic (exact) mass is 859 g/mol. The van der Waals surface area contributed by atoms with Gasteiger partial charge >= 0.3 is 17.9 Å². The number of carbonyl (C=O) groups is 3. The number of hydrogen-bond acceptors (Lipinski definition) is 6. The van der Waals surface area contributed by atoms with Gasteiger partial charge in [-0.3, -0.25) is 14.4 Å². The molecule has 1 atom stereocenters. The van der Waals surface area contributed by atoms with Crippen LogP contribution in [0.5, 0.6) is 0 Å². The van der Waals surface area contributed by atoms with Crippen molar-refractivity contribution in [2.45, 2.75) is 213 Å². The van der Waals surface area contributed by atoms with Crippen molar-refractivity contribution in [1.82, 2.24) is 0 Å². The molecule has 1 unspecified atom stereocenters. The second-order valence-corrected chi connectivity index (χ2v) is 16.0. The maximum Gasteiger partial charge on any atom is 0.306 e. The van der Waals surface area contributed by atoms with Crippen molar-refractivity contribution in [2.75, 3.05) is 13.2 Å². The van der Waals surface area contributed by atoms with Gasteiger partial charge in [0.2, 0.25) is 0 Å². The van der Waals surface area contributed by atoms with Crippen LogP contribution in [0.4, 0.5) is 0 Å². The van der Waals surface area contributed by atoms with E-state index in [2.05, 4.69) is 130 Å². The summed E-state index contributed by atoms with van der Waals surface area (Å²) in [6.07, 6.45) is 66.4. The lowest BCUT2D eigenvalue weighted by Gasteiger charge is -2.18. The molecule has 6 nitrogen and oxygen atoms in total. The lowest BCUT2D eigenvalue weighted by atomic mass is 10.1. The molecule has 0 aromatic rings. The molecule has 0 aromatic heterocycles. The Morgan fingerprint density at radius 2 is 0.677 bits per heavy atom. The fourth-order valence-electron chi connectivity index (χ4n) is 6.30. The summed E-state index contributed by atoms with van der Waals surface area (Å²) in [7, 11) is 0. The highest BCUT2D eigenvalue weighted by Gasteiger charge is 2.19. The van der Waals surface area contributed by atoms with Crippen LogP contribution in [-0.2, 0) is 28.6 Å². The van der Waals surface area contributed by atoms with E-state index >= 15 is 0 Å². The Kier molecular flexibility index (Phi) is 46.6. The minimum Gasteiger partial charge on any atom is -0.462 e. The zero-order chi connectivity index (χ0) is 45.1. The minimum absolute atomic E-state index is 0.106. The number of hydrogen-bond donors (Lipinski definition) is 0. The van der Waals surface area contributed by atoms with Crippen LogP contribution in [0.25, 0.3) is 0 Å².